The lowest BCUT2D eigenvalue weighted by Crippen LogP contribution is -2.11. The molecule has 0 aliphatic rings. The minimum absolute atomic E-state index is 0.695. The monoisotopic (exact) mass is 222 g/mol. The first-order chi connectivity index (χ1) is 7.29. The van der Waals surface area contributed by atoms with Crippen LogP contribution >= 0.6 is 11.3 Å². The molecule has 0 bridgehead atoms. The zero-order valence-corrected chi connectivity index (χ0v) is 9.73. The third-order valence-corrected chi connectivity index (χ3v) is 3.08. The van der Waals surface area contributed by atoms with Crippen LogP contribution in [0.3, 0.4) is 0 Å². The van der Waals surface area contributed by atoms with Crippen molar-refractivity contribution in [2.75, 3.05) is 6.54 Å². The number of oxazole rings is 1. The van der Waals surface area contributed by atoms with Gasteiger partial charge in [-0.2, -0.15) is 0 Å². The summed E-state index contributed by atoms with van der Waals surface area (Å²) in [7, 11) is 0. The van der Waals surface area contributed by atoms with E-state index in [2.05, 4.69) is 36.3 Å². The molecule has 0 saturated heterocycles. The average molecular weight is 222 g/mol. The number of thiophene rings is 1. The van der Waals surface area contributed by atoms with Crippen LogP contribution in [0.5, 0.6) is 0 Å². The highest BCUT2D eigenvalue weighted by atomic mass is 32.1. The molecule has 0 aromatic carbocycles. The van der Waals surface area contributed by atoms with Gasteiger partial charge < -0.3 is 9.73 Å². The van der Waals surface area contributed by atoms with Gasteiger partial charge in [-0.1, -0.05) is 6.92 Å². The Balaban J connectivity index is 2.13. The summed E-state index contributed by atoms with van der Waals surface area (Å²) in [5, 5.41) is 3.18. The van der Waals surface area contributed by atoms with Gasteiger partial charge in [-0.15, -0.1) is 11.3 Å². The average Bonchev–Trinajstić information content (AvgIpc) is 2.83. The van der Waals surface area contributed by atoms with Crippen LogP contribution in [0, 0.1) is 6.92 Å². The zero-order chi connectivity index (χ0) is 10.7. The predicted octanol–water partition coefficient (Wildman–Crippen LogP) is 2.82. The number of aromatic nitrogens is 1. The zero-order valence-electron chi connectivity index (χ0n) is 8.91. The summed E-state index contributed by atoms with van der Waals surface area (Å²) in [6.07, 6.45) is 1.79. The maximum absolute atomic E-state index is 5.62. The van der Waals surface area contributed by atoms with Crippen molar-refractivity contribution in [3.63, 3.8) is 0 Å². The van der Waals surface area contributed by atoms with E-state index in [1.807, 2.05) is 0 Å². The number of hydrogen-bond donors (Lipinski definition) is 1. The molecule has 0 unspecified atom stereocenters. The first kappa shape index (κ1) is 10.4. The van der Waals surface area contributed by atoms with Crippen LogP contribution in [0.2, 0.25) is 0 Å². The van der Waals surface area contributed by atoms with Gasteiger partial charge in [0.05, 0.1) is 17.6 Å². The van der Waals surface area contributed by atoms with Crippen LogP contribution in [0.25, 0.3) is 10.6 Å². The highest BCUT2D eigenvalue weighted by Gasteiger charge is 2.07. The fraction of sp³-hybridized carbons (Fsp3) is 0.364. The van der Waals surface area contributed by atoms with Gasteiger partial charge in [0.25, 0.3) is 0 Å². The number of hydrogen-bond acceptors (Lipinski definition) is 4. The lowest BCUT2D eigenvalue weighted by molar-refractivity contribution is 0.483. The molecule has 1 N–H and O–H groups in total. The van der Waals surface area contributed by atoms with Crippen molar-refractivity contribution in [2.45, 2.75) is 20.4 Å². The van der Waals surface area contributed by atoms with E-state index in [1.165, 1.54) is 4.88 Å². The molecule has 0 fully saturated rings. The molecule has 0 spiro atoms. The summed E-state index contributed by atoms with van der Waals surface area (Å²) in [6, 6.07) is 4.16. The molecule has 2 heterocycles. The Morgan fingerprint density at radius 1 is 1.47 bits per heavy atom. The number of nitrogens with zero attached hydrogens (tertiary/aromatic N) is 1. The minimum atomic E-state index is 0.695. The normalized spacial score (nSPS) is 10.8. The fourth-order valence-corrected chi connectivity index (χ4v) is 2.12. The number of rotatable bonds is 4. The summed E-state index contributed by atoms with van der Waals surface area (Å²) >= 11 is 1.72. The Labute approximate surface area is 93.2 Å². The Kier molecular flexibility index (Phi) is 3.18. The van der Waals surface area contributed by atoms with Gasteiger partial charge in [0.2, 0.25) is 5.89 Å². The minimum Gasteiger partial charge on any atom is -0.438 e. The Hall–Kier alpha value is -1.13. The van der Waals surface area contributed by atoms with E-state index >= 15 is 0 Å². The highest BCUT2D eigenvalue weighted by molar-refractivity contribution is 7.15. The van der Waals surface area contributed by atoms with Crippen molar-refractivity contribution in [3.8, 4) is 10.6 Å². The summed E-state index contributed by atoms with van der Waals surface area (Å²) in [5.41, 5.74) is 0. The molecule has 0 atom stereocenters. The van der Waals surface area contributed by atoms with Crippen molar-refractivity contribution >= 4 is 11.3 Å². The van der Waals surface area contributed by atoms with Crippen LogP contribution < -0.4 is 5.32 Å². The summed E-state index contributed by atoms with van der Waals surface area (Å²) < 4.78 is 5.62. The molecular formula is C11H14N2OS. The van der Waals surface area contributed by atoms with E-state index < -0.39 is 0 Å². The molecule has 0 aliphatic heterocycles. The van der Waals surface area contributed by atoms with Crippen molar-refractivity contribution in [3.05, 3.63) is 29.1 Å². The second-order valence-electron chi connectivity index (χ2n) is 3.31. The maximum atomic E-state index is 5.62. The number of nitrogens with one attached hydrogen (secondary N) is 1. The molecule has 4 heteroatoms. The summed E-state index contributed by atoms with van der Waals surface area (Å²) in [5.74, 6) is 1.61. The maximum Gasteiger partial charge on any atom is 0.208 e. The molecule has 2 rings (SSSR count). The van der Waals surface area contributed by atoms with Crippen LogP contribution in [0.4, 0.5) is 0 Å². The molecular weight excluding hydrogens is 208 g/mol. The third-order valence-electron chi connectivity index (χ3n) is 2.06. The second kappa shape index (κ2) is 4.59. The number of aryl methyl sites for hydroxylation is 1. The van der Waals surface area contributed by atoms with E-state index in [1.54, 1.807) is 17.5 Å². The lowest BCUT2D eigenvalue weighted by Gasteiger charge is -1.94. The molecule has 2 aromatic heterocycles. The van der Waals surface area contributed by atoms with Crippen LogP contribution in [-0.2, 0) is 6.54 Å². The third kappa shape index (κ3) is 2.46. The van der Waals surface area contributed by atoms with Gasteiger partial charge in [-0.3, -0.25) is 0 Å². The molecule has 0 radical (unpaired) electrons. The predicted molar refractivity (Wildman–Crippen MR) is 61.9 cm³/mol. The molecule has 15 heavy (non-hydrogen) atoms. The topological polar surface area (TPSA) is 38.1 Å². The molecule has 0 saturated carbocycles. The van der Waals surface area contributed by atoms with Crippen LogP contribution in [0.15, 0.2) is 22.7 Å². The van der Waals surface area contributed by atoms with Crippen molar-refractivity contribution in [1.29, 1.82) is 0 Å². The van der Waals surface area contributed by atoms with Crippen molar-refractivity contribution in [2.24, 2.45) is 0 Å². The molecule has 0 amide bonds. The first-order valence-electron chi connectivity index (χ1n) is 5.02. The van der Waals surface area contributed by atoms with Gasteiger partial charge in [0.15, 0.2) is 5.76 Å². The van der Waals surface area contributed by atoms with Crippen LogP contribution in [0.1, 0.15) is 17.7 Å². The summed E-state index contributed by atoms with van der Waals surface area (Å²) in [4.78, 5) is 6.64. The standard InChI is InChI=1S/C11H14N2OS/c1-3-12-7-11-13-6-9(14-11)10-5-4-8(2)15-10/h4-6,12H,3,7H2,1-2H3. The van der Waals surface area contributed by atoms with E-state index in [0.717, 1.165) is 23.1 Å². The second-order valence-corrected chi connectivity index (χ2v) is 4.60. The van der Waals surface area contributed by atoms with E-state index in [9.17, 15) is 0 Å². The Morgan fingerprint density at radius 3 is 3.00 bits per heavy atom. The van der Waals surface area contributed by atoms with E-state index in [-0.39, 0.29) is 0 Å². The lowest BCUT2D eigenvalue weighted by atomic mass is 10.4. The molecule has 2 aromatic rings. The SMILES string of the molecule is CCNCc1ncc(-c2ccc(C)s2)o1. The van der Waals surface area contributed by atoms with E-state index in [4.69, 9.17) is 4.42 Å². The Morgan fingerprint density at radius 2 is 2.33 bits per heavy atom. The smallest absolute Gasteiger partial charge is 0.208 e. The molecule has 3 nitrogen and oxygen atoms in total. The Bertz CT molecular complexity index is 433. The van der Waals surface area contributed by atoms with Crippen molar-refractivity contribution < 1.29 is 4.42 Å². The largest absolute Gasteiger partial charge is 0.438 e. The fourth-order valence-electron chi connectivity index (χ4n) is 1.30. The first-order valence-corrected chi connectivity index (χ1v) is 5.83. The summed E-state index contributed by atoms with van der Waals surface area (Å²) in [6.45, 7) is 5.77. The van der Waals surface area contributed by atoms with Gasteiger partial charge in [0.1, 0.15) is 0 Å². The molecule has 0 aliphatic carbocycles. The molecule has 80 valence electrons. The van der Waals surface area contributed by atoms with Gasteiger partial charge in [-0.25, -0.2) is 4.98 Å². The highest BCUT2D eigenvalue weighted by Crippen LogP contribution is 2.27. The van der Waals surface area contributed by atoms with Crippen LogP contribution in [-0.4, -0.2) is 11.5 Å². The van der Waals surface area contributed by atoms with Gasteiger partial charge >= 0.3 is 0 Å². The van der Waals surface area contributed by atoms with E-state index in [0.29, 0.717) is 6.54 Å². The van der Waals surface area contributed by atoms with Crippen molar-refractivity contribution in [1.82, 2.24) is 10.3 Å². The quantitative estimate of drug-likeness (QED) is 0.864. The van der Waals surface area contributed by atoms with Gasteiger partial charge in [-0.05, 0) is 25.6 Å². The van der Waals surface area contributed by atoms with Gasteiger partial charge in [0, 0.05) is 4.88 Å².